The van der Waals surface area contributed by atoms with E-state index in [9.17, 15) is 4.79 Å². The van der Waals surface area contributed by atoms with E-state index in [2.05, 4.69) is 17.2 Å². The Morgan fingerprint density at radius 1 is 1.39 bits per heavy atom. The topological polar surface area (TPSA) is 62.2 Å². The summed E-state index contributed by atoms with van der Waals surface area (Å²) in [6, 6.07) is 5.69. The van der Waals surface area contributed by atoms with Gasteiger partial charge in [-0.2, -0.15) is 0 Å². The summed E-state index contributed by atoms with van der Waals surface area (Å²) < 4.78 is 0. The maximum atomic E-state index is 10.8. The van der Waals surface area contributed by atoms with Gasteiger partial charge in [0.15, 0.2) is 0 Å². The zero-order chi connectivity index (χ0) is 13.0. The zero-order valence-corrected chi connectivity index (χ0v) is 10.7. The molecule has 1 aliphatic rings. The van der Waals surface area contributed by atoms with Gasteiger partial charge in [-0.15, -0.1) is 0 Å². The van der Waals surface area contributed by atoms with E-state index in [1.54, 1.807) is 6.07 Å². The minimum absolute atomic E-state index is 0.117. The van der Waals surface area contributed by atoms with Gasteiger partial charge in [-0.25, -0.2) is 9.78 Å². The molecule has 2 N–H and O–H groups in total. The molecule has 1 aromatic heterocycles. The van der Waals surface area contributed by atoms with Crippen LogP contribution in [0.4, 0.5) is 0 Å². The number of pyridine rings is 1. The Morgan fingerprint density at radius 3 is 2.78 bits per heavy atom. The van der Waals surface area contributed by atoms with Crippen molar-refractivity contribution in [3.8, 4) is 0 Å². The van der Waals surface area contributed by atoms with Gasteiger partial charge in [0.1, 0.15) is 5.69 Å². The van der Waals surface area contributed by atoms with Gasteiger partial charge in [0.2, 0.25) is 0 Å². The van der Waals surface area contributed by atoms with Crippen LogP contribution in [0.15, 0.2) is 18.2 Å². The number of carboxylic acid groups (broad SMARTS) is 1. The first-order chi connectivity index (χ1) is 8.65. The number of rotatable bonds is 4. The molecule has 0 spiro atoms. The predicted molar refractivity (Wildman–Crippen MR) is 69.5 cm³/mol. The predicted octanol–water partition coefficient (Wildman–Crippen LogP) is 2.45. The summed E-state index contributed by atoms with van der Waals surface area (Å²) in [6.45, 7) is 2.95. The molecule has 2 rings (SSSR count). The molecule has 1 heterocycles. The second-order valence-electron chi connectivity index (χ2n) is 5.16. The van der Waals surface area contributed by atoms with Gasteiger partial charge in [-0.05, 0) is 43.7 Å². The number of aromatic carboxylic acids is 1. The van der Waals surface area contributed by atoms with Crippen LogP contribution in [-0.4, -0.2) is 22.1 Å². The molecule has 0 radical (unpaired) electrons. The van der Waals surface area contributed by atoms with Gasteiger partial charge in [-0.3, -0.25) is 0 Å². The van der Waals surface area contributed by atoms with E-state index in [-0.39, 0.29) is 5.69 Å². The van der Waals surface area contributed by atoms with Crippen LogP contribution < -0.4 is 5.32 Å². The highest BCUT2D eigenvalue weighted by Crippen LogP contribution is 2.23. The van der Waals surface area contributed by atoms with Gasteiger partial charge >= 0.3 is 5.97 Å². The molecular formula is C14H20N2O2. The number of nitrogens with one attached hydrogen (secondary N) is 1. The molecule has 1 aromatic rings. The van der Waals surface area contributed by atoms with Crippen LogP contribution in [0.25, 0.3) is 0 Å². The standard InChI is InChI=1S/C14H20N2O2/c1-10-5-7-11(8-6-10)15-9-12-3-2-4-13(16-12)14(17)18/h2-4,10-11,15H,5-9H2,1H3,(H,17,18). The van der Waals surface area contributed by atoms with Crippen molar-refractivity contribution >= 4 is 5.97 Å². The molecule has 0 aromatic carbocycles. The molecule has 0 saturated heterocycles. The van der Waals surface area contributed by atoms with Crippen molar-refractivity contribution in [2.75, 3.05) is 0 Å². The Hall–Kier alpha value is -1.42. The van der Waals surface area contributed by atoms with Gasteiger partial charge in [-0.1, -0.05) is 13.0 Å². The number of hydrogen-bond acceptors (Lipinski definition) is 3. The van der Waals surface area contributed by atoms with Crippen molar-refractivity contribution in [2.24, 2.45) is 5.92 Å². The Labute approximate surface area is 107 Å². The fourth-order valence-corrected chi connectivity index (χ4v) is 2.41. The minimum atomic E-state index is -0.969. The Balaban J connectivity index is 1.86. The summed E-state index contributed by atoms with van der Waals surface area (Å²) in [5.74, 6) is -0.125. The largest absolute Gasteiger partial charge is 0.477 e. The lowest BCUT2D eigenvalue weighted by molar-refractivity contribution is 0.0690. The van der Waals surface area contributed by atoms with E-state index in [4.69, 9.17) is 5.11 Å². The molecule has 18 heavy (non-hydrogen) atoms. The van der Waals surface area contributed by atoms with Gasteiger partial charge in [0.25, 0.3) is 0 Å². The van der Waals surface area contributed by atoms with Crippen LogP contribution in [-0.2, 0) is 6.54 Å². The molecule has 1 saturated carbocycles. The first-order valence-electron chi connectivity index (χ1n) is 6.58. The van der Waals surface area contributed by atoms with Crippen LogP contribution in [0.3, 0.4) is 0 Å². The molecule has 0 unspecified atom stereocenters. The van der Waals surface area contributed by atoms with E-state index in [1.165, 1.54) is 31.7 Å². The number of carboxylic acids is 1. The summed E-state index contributed by atoms with van der Waals surface area (Å²) in [5.41, 5.74) is 0.917. The monoisotopic (exact) mass is 248 g/mol. The SMILES string of the molecule is CC1CCC(NCc2cccc(C(=O)O)n2)CC1. The lowest BCUT2D eigenvalue weighted by Crippen LogP contribution is -2.32. The first kappa shape index (κ1) is 13.0. The van der Waals surface area contributed by atoms with E-state index < -0.39 is 5.97 Å². The van der Waals surface area contributed by atoms with E-state index >= 15 is 0 Å². The highest BCUT2D eigenvalue weighted by atomic mass is 16.4. The molecule has 0 bridgehead atoms. The minimum Gasteiger partial charge on any atom is -0.477 e. The Kier molecular flexibility index (Phi) is 4.31. The molecule has 4 nitrogen and oxygen atoms in total. The van der Waals surface area contributed by atoms with Crippen LogP contribution in [0.2, 0.25) is 0 Å². The molecule has 0 aliphatic heterocycles. The summed E-state index contributed by atoms with van der Waals surface area (Å²) in [7, 11) is 0. The lowest BCUT2D eigenvalue weighted by atomic mass is 9.87. The third-order valence-electron chi connectivity index (χ3n) is 3.61. The molecule has 98 valence electrons. The third kappa shape index (κ3) is 3.53. The third-order valence-corrected chi connectivity index (χ3v) is 3.61. The zero-order valence-electron chi connectivity index (χ0n) is 10.7. The highest BCUT2D eigenvalue weighted by Gasteiger charge is 2.17. The average molecular weight is 248 g/mol. The fourth-order valence-electron chi connectivity index (χ4n) is 2.41. The number of aromatic nitrogens is 1. The van der Waals surface area contributed by atoms with Crippen molar-refractivity contribution in [3.05, 3.63) is 29.6 Å². The van der Waals surface area contributed by atoms with Crippen LogP contribution in [0, 0.1) is 5.92 Å². The van der Waals surface area contributed by atoms with Crippen molar-refractivity contribution in [1.82, 2.24) is 10.3 Å². The number of hydrogen-bond donors (Lipinski definition) is 2. The Morgan fingerprint density at radius 2 is 2.11 bits per heavy atom. The smallest absolute Gasteiger partial charge is 0.354 e. The highest BCUT2D eigenvalue weighted by molar-refractivity contribution is 5.85. The van der Waals surface area contributed by atoms with E-state index in [0.29, 0.717) is 12.6 Å². The molecule has 1 aliphatic carbocycles. The van der Waals surface area contributed by atoms with Gasteiger partial charge in [0.05, 0.1) is 5.69 Å². The van der Waals surface area contributed by atoms with Crippen molar-refractivity contribution in [1.29, 1.82) is 0 Å². The van der Waals surface area contributed by atoms with Crippen molar-refractivity contribution in [3.63, 3.8) is 0 Å². The van der Waals surface area contributed by atoms with Gasteiger partial charge in [0, 0.05) is 12.6 Å². The fraction of sp³-hybridized carbons (Fsp3) is 0.571. The number of nitrogens with zero attached hydrogens (tertiary/aromatic N) is 1. The second-order valence-corrected chi connectivity index (χ2v) is 5.16. The maximum absolute atomic E-state index is 10.8. The second kappa shape index (κ2) is 5.96. The average Bonchev–Trinajstić information content (AvgIpc) is 2.38. The summed E-state index contributed by atoms with van der Waals surface area (Å²) >= 11 is 0. The summed E-state index contributed by atoms with van der Waals surface area (Å²) in [6.07, 6.45) is 4.97. The van der Waals surface area contributed by atoms with Crippen molar-refractivity contribution in [2.45, 2.75) is 45.2 Å². The van der Waals surface area contributed by atoms with Crippen LogP contribution in [0.5, 0.6) is 0 Å². The quantitative estimate of drug-likeness (QED) is 0.859. The van der Waals surface area contributed by atoms with E-state index in [1.807, 2.05) is 6.07 Å². The molecule has 0 atom stereocenters. The van der Waals surface area contributed by atoms with Crippen LogP contribution >= 0.6 is 0 Å². The molecule has 1 fully saturated rings. The van der Waals surface area contributed by atoms with Crippen LogP contribution in [0.1, 0.15) is 48.8 Å². The first-order valence-corrected chi connectivity index (χ1v) is 6.58. The molecular weight excluding hydrogens is 228 g/mol. The summed E-state index contributed by atoms with van der Waals surface area (Å²) in [5, 5.41) is 12.3. The lowest BCUT2D eigenvalue weighted by Gasteiger charge is -2.26. The van der Waals surface area contributed by atoms with E-state index in [0.717, 1.165) is 11.6 Å². The normalized spacial score (nSPS) is 23.8. The number of carbonyl (C=O) groups is 1. The maximum Gasteiger partial charge on any atom is 0.354 e. The Bertz CT molecular complexity index is 412. The van der Waals surface area contributed by atoms with Gasteiger partial charge < -0.3 is 10.4 Å². The molecule has 0 amide bonds. The molecule has 4 heteroatoms. The summed E-state index contributed by atoms with van der Waals surface area (Å²) in [4.78, 5) is 14.9. The van der Waals surface area contributed by atoms with Crippen molar-refractivity contribution < 1.29 is 9.90 Å².